The van der Waals surface area contributed by atoms with E-state index in [9.17, 15) is 13.5 Å². The van der Waals surface area contributed by atoms with E-state index >= 15 is 0 Å². The number of hydrogen-bond acceptors (Lipinski definition) is 3. The number of sulfonamides is 1. The molecule has 1 fully saturated rings. The fourth-order valence-electron chi connectivity index (χ4n) is 2.36. The summed E-state index contributed by atoms with van der Waals surface area (Å²) >= 11 is 0. The predicted molar refractivity (Wildman–Crippen MR) is 69.8 cm³/mol. The highest BCUT2D eigenvalue weighted by atomic mass is 32.2. The van der Waals surface area contributed by atoms with Crippen LogP contribution in [0.15, 0.2) is 29.2 Å². The number of rotatable bonds is 2. The minimum atomic E-state index is -3.49. The van der Waals surface area contributed by atoms with E-state index < -0.39 is 15.6 Å². The van der Waals surface area contributed by atoms with Crippen molar-refractivity contribution < 1.29 is 13.5 Å². The molecule has 1 aromatic carbocycles. The average Bonchev–Trinajstić information content (AvgIpc) is 2.28. The number of benzene rings is 1. The smallest absolute Gasteiger partial charge is 0.243 e. The Hall–Kier alpha value is -0.910. The minimum Gasteiger partial charge on any atom is -0.389 e. The maximum Gasteiger partial charge on any atom is 0.243 e. The zero-order valence-corrected chi connectivity index (χ0v) is 11.6. The molecular formula is C13H19NO3S. The van der Waals surface area contributed by atoms with Crippen molar-refractivity contribution in [2.45, 2.75) is 37.2 Å². The van der Waals surface area contributed by atoms with Crippen LogP contribution < -0.4 is 0 Å². The SMILES string of the molecule is Cc1ccccc1S(=O)(=O)N1CCC[C@@](C)(O)C1. The maximum absolute atomic E-state index is 12.5. The Balaban J connectivity index is 2.35. The van der Waals surface area contributed by atoms with E-state index in [4.69, 9.17) is 0 Å². The van der Waals surface area contributed by atoms with Gasteiger partial charge >= 0.3 is 0 Å². The summed E-state index contributed by atoms with van der Waals surface area (Å²) in [5.74, 6) is 0. The first-order valence-corrected chi connectivity index (χ1v) is 7.55. The molecule has 5 heteroatoms. The first-order valence-electron chi connectivity index (χ1n) is 6.11. The molecule has 0 bridgehead atoms. The highest BCUT2D eigenvalue weighted by molar-refractivity contribution is 7.89. The van der Waals surface area contributed by atoms with Crippen molar-refractivity contribution in [3.8, 4) is 0 Å². The molecule has 0 aromatic heterocycles. The first kappa shape index (κ1) is 13.5. The molecule has 1 saturated heterocycles. The maximum atomic E-state index is 12.5. The molecule has 0 radical (unpaired) electrons. The van der Waals surface area contributed by atoms with Gasteiger partial charge in [0.2, 0.25) is 10.0 Å². The van der Waals surface area contributed by atoms with Crippen LogP contribution in [-0.4, -0.2) is 36.5 Å². The van der Waals surface area contributed by atoms with E-state index in [0.29, 0.717) is 24.3 Å². The third-order valence-electron chi connectivity index (χ3n) is 3.35. The van der Waals surface area contributed by atoms with Gasteiger partial charge in [0.1, 0.15) is 0 Å². The minimum absolute atomic E-state index is 0.170. The number of nitrogens with zero attached hydrogens (tertiary/aromatic N) is 1. The molecule has 1 aliphatic heterocycles. The van der Waals surface area contributed by atoms with Gasteiger partial charge in [0.15, 0.2) is 0 Å². The summed E-state index contributed by atoms with van der Waals surface area (Å²) in [4.78, 5) is 0.336. The number of piperidine rings is 1. The number of aliphatic hydroxyl groups is 1. The van der Waals surface area contributed by atoms with Gasteiger partial charge in [0, 0.05) is 13.1 Å². The summed E-state index contributed by atoms with van der Waals surface area (Å²) in [5.41, 5.74) is -0.184. The lowest BCUT2D eigenvalue weighted by Gasteiger charge is -2.36. The van der Waals surface area contributed by atoms with Crippen molar-refractivity contribution in [3.63, 3.8) is 0 Å². The van der Waals surface area contributed by atoms with Crippen LogP contribution >= 0.6 is 0 Å². The largest absolute Gasteiger partial charge is 0.389 e. The van der Waals surface area contributed by atoms with Crippen molar-refractivity contribution in [1.82, 2.24) is 4.31 Å². The second kappa shape index (κ2) is 4.64. The summed E-state index contributed by atoms with van der Waals surface area (Å²) in [6.07, 6.45) is 1.34. The summed E-state index contributed by atoms with van der Waals surface area (Å²) in [6.45, 7) is 4.12. The summed E-state index contributed by atoms with van der Waals surface area (Å²) < 4.78 is 26.4. The molecule has 100 valence electrons. The Bertz CT molecular complexity index is 537. The zero-order chi connectivity index (χ0) is 13.4. The van der Waals surface area contributed by atoms with Gasteiger partial charge in [-0.25, -0.2) is 8.42 Å². The van der Waals surface area contributed by atoms with Gasteiger partial charge in [0.05, 0.1) is 10.5 Å². The molecule has 0 aliphatic carbocycles. The molecule has 0 amide bonds. The molecule has 18 heavy (non-hydrogen) atoms. The molecule has 0 saturated carbocycles. The van der Waals surface area contributed by atoms with Crippen LogP contribution in [0.5, 0.6) is 0 Å². The van der Waals surface area contributed by atoms with Gasteiger partial charge in [-0.15, -0.1) is 0 Å². The van der Waals surface area contributed by atoms with Gasteiger partial charge in [-0.3, -0.25) is 0 Å². The van der Waals surface area contributed by atoms with Crippen LogP contribution in [-0.2, 0) is 10.0 Å². The van der Waals surface area contributed by atoms with E-state index in [0.717, 1.165) is 5.56 Å². The van der Waals surface area contributed by atoms with E-state index in [1.807, 2.05) is 6.07 Å². The average molecular weight is 269 g/mol. The Labute approximate surface area is 108 Å². The van der Waals surface area contributed by atoms with E-state index in [1.165, 1.54) is 4.31 Å². The summed E-state index contributed by atoms with van der Waals surface area (Å²) in [6, 6.07) is 6.95. The van der Waals surface area contributed by atoms with Crippen LogP contribution in [0.1, 0.15) is 25.3 Å². The molecule has 1 heterocycles. The third kappa shape index (κ3) is 2.58. The normalized spacial score (nSPS) is 26.2. The lowest BCUT2D eigenvalue weighted by atomic mass is 9.97. The van der Waals surface area contributed by atoms with Gasteiger partial charge < -0.3 is 5.11 Å². The molecule has 0 spiro atoms. The fraction of sp³-hybridized carbons (Fsp3) is 0.538. The van der Waals surface area contributed by atoms with E-state index in [1.54, 1.807) is 32.0 Å². The van der Waals surface area contributed by atoms with Crippen molar-refractivity contribution in [3.05, 3.63) is 29.8 Å². The number of aryl methyl sites for hydroxylation is 1. The summed E-state index contributed by atoms with van der Waals surface area (Å²) in [7, 11) is -3.49. The Morgan fingerprint density at radius 3 is 2.61 bits per heavy atom. The number of β-amino-alcohol motifs (C(OH)–C–C–N with tert-alkyl or cyclic N) is 1. The molecule has 1 atom stereocenters. The van der Waals surface area contributed by atoms with Crippen molar-refractivity contribution >= 4 is 10.0 Å². The van der Waals surface area contributed by atoms with Gasteiger partial charge in [-0.05, 0) is 38.3 Å². The second-order valence-electron chi connectivity index (χ2n) is 5.20. The highest BCUT2D eigenvalue weighted by Crippen LogP contribution is 2.27. The van der Waals surface area contributed by atoms with Crippen LogP contribution in [0.3, 0.4) is 0 Å². The Morgan fingerprint density at radius 1 is 1.33 bits per heavy atom. The summed E-state index contributed by atoms with van der Waals surface area (Å²) in [5, 5.41) is 10.0. The third-order valence-corrected chi connectivity index (χ3v) is 5.36. The molecular weight excluding hydrogens is 250 g/mol. The lowest BCUT2D eigenvalue weighted by molar-refractivity contribution is 0.00939. The van der Waals surface area contributed by atoms with Gasteiger partial charge in [-0.2, -0.15) is 4.31 Å². The Kier molecular flexibility index (Phi) is 3.49. The fourth-order valence-corrected chi connectivity index (χ4v) is 4.19. The number of hydrogen-bond donors (Lipinski definition) is 1. The molecule has 1 aliphatic rings. The predicted octanol–water partition coefficient (Wildman–Crippen LogP) is 1.53. The van der Waals surface area contributed by atoms with Crippen molar-refractivity contribution in [2.24, 2.45) is 0 Å². The zero-order valence-electron chi connectivity index (χ0n) is 10.8. The molecule has 1 aromatic rings. The van der Waals surface area contributed by atoms with Gasteiger partial charge in [0.25, 0.3) is 0 Å². The second-order valence-corrected chi connectivity index (χ2v) is 7.11. The standard InChI is InChI=1S/C13H19NO3S/c1-11-6-3-4-7-12(11)18(16,17)14-9-5-8-13(2,15)10-14/h3-4,6-7,15H,5,8-10H2,1-2H3/t13-/m1/s1. The molecule has 4 nitrogen and oxygen atoms in total. The van der Waals surface area contributed by atoms with E-state index in [2.05, 4.69) is 0 Å². The van der Waals surface area contributed by atoms with Crippen molar-refractivity contribution in [1.29, 1.82) is 0 Å². The van der Waals surface area contributed by atoms with Gasteiger partial charge in [-0.1, -0.05) is 18.2 Å². The van der Waals surface area contributed by atoms with Crippen LogP contribution in [0, 0.1) is 6.92 Å². The Morgan fingerprint density at radius 2 is 2.00 bits per heavy atom. The van der Waals surface area contributed by atoms with Crippen LogP contribution in [0.2, 0.25) is 0 Å². The first-order chi connectivity index (χ1) is 8.33. The molecule has 2 rings (SSSR count). The van der Waals surface area contributed by atoms with E-state index in [-0.39, 0.29) is 6.54 Å². The topological polar surface area (TPSA) is 57.6 Å². The quantitative estimate of drug-likeness (QED) is 0.886. The molecule has 1 N–H and O–H groups in total. The lowest BCUT2D eigenvalue weighted by Crippen LogP contribution is -2.48. The monoisotopic (exact) mass is 269 g/mol. The molecule has 0 unspecified atom stereocenters. The highest BCUT2D eigenvalue weighted by Gasteiger charge is 2.35. The van der Waals surface area contributed by atoms with Crippen molar-refractivity contribution in [2.75, 3.05) is 13.1 Å². The van der Waals surface area contributed by atoms with Crippen LogP contribution in [0.4, 0.5) is 0 Å². The van der Waals surface area contributed by atoms with Crippen LogP contribution in [0.25, 0.3) is 0 Å².